The first-order chi connectivity index (χ1) is 5.33. The fourth-order valence-electron chi connectivity index (χ4n) is 1.32. The van der Waals surface area contributed by atoms with Crippen LogP contribution in [0.2, 0.25) is 0 Å². The van der Waals surface area contributed by atoms with E-state index < -0.39 is 0 Å². The van der Waals surface area contributed by atoms with Crippen molar-refractivity contribution >= 4 is 0 Å². The van der Waals surface area contributed by atoms with Crippen LogP contribution in [0.5, 0.6) is 0 Å². The van der Waals surface area contributed by atoms with Crippen molar-refractivity contribution in [1.29, 1.82) is 0 Å². The highest BCUT2D eigenvalue weighted by Gasteiger charge is 2.14. The molecule has 1 fully saturated rings. The largest absolute Gasteiger partial charge is 0.376 e. The van der Waals surface area contributed by atoms with Gasteiger partial charge in [0.05, 0.1) is 12.7 Å². The molecule has 2 heteroatoms. The topological polar surface area (TPSA) is 12.5 Å². The van der Waals surface area contributed by atoms with Crippen LogP contribution in [-0.2, 0) is 4.74 Å². The molecule has 0 aromatic rings. The Kier molecular flexibility index (Phi) is 3.41. The molecular weight excluding hydrogens is 138 g/mol. The second-order valence-electron chi connectivity index (χ2n) is 2.94. The average molecular weight is 153 g/mol. The summed E-state index contributed by atoms with van der Waals surface area (Å²) in [4.78, 5) is 2.36. The summed E-state index contributed by atoms with van der Waals surface area (Å²) in [7, 11) is 0. The zero-order valence-electron chi connectivity index (χ0n) is 7.05. The van der Waals surface area contributed by atoms with Crippen molar-refractivity contribution in [2.75, 3.05) is 26.2 Å². The molecule has 0 saturated carbocycles. The van der Waals surface area contributed by atoms with Crippen LogP contribution in [0, 0.1) is 12.3 Å². The van der Waals surface area contributed by atoms with E-state index in [0.717, 1.165) is 32.7 Å². The highest BCUT2D eigenvalue weighted by molar-refractivity contribution is 4.85. The number of hydrogen-bond acceptors (Lipinski definition) is 2. The van der Waals surface area contributed by atoms with Crippen molar-refractivity contribution in [1.82, 2.24) is 4.90 Å². The van der Waals surface area contributed by atoms with Gasteiger partial charge < -0.3 is 4.74 Å². The predicted octanol–water partition coefficient (Wildman–Crippen LogP) is 0.730. The summed E-state index contributed by atoms with van der Waals surface area (Å²) in [6.07, 6.45) is 6.40. The van der Waals surface area contributed by atoms with Crippen molar-refractivity contribution in [2.24, 2.45) is 0 Å². The minimum Gasteiger partial charge on any atom is -0.376 e. The number of rotatable bonds is 2. The van der Waals surface area contributed by atoms with Gasteiger partial charge in [-0.15, -0.1) is 12.3 Å². The Morgan fingerprint density at radius 2 is 2.55 bits per heavy atom. The van der Waals surface area contributed by atoms with Gasteiger partial charge in [-0.25, -0.2) is 0 Å². The van der Waals surface area contributed by atoms with E-state index in [4.69, 9.17) is 11.2 Å². The van der Waals surface area contributed by atoms with Crippen LogP contribution >= 0.6 is 0 Å². The molecule has 1 rings (SSSR count). The van der Waals surface area contributed by atoms with Crippen LogP contribution < -0.4 is 0 Å². The molecule has 62 valence electrons. The lowest BCUT2D eigenvalue weighted by Crippen LogP contribution is -2.41. The number of ether oxygens (including phenoxy) is 1. The average Bonchev–Trinajstić information content (AvgIpc) is 2.01. The molecular formula is C9H15NO. The lowest BCUT2D eigenvalue weighted by Gasteiger charge is -2.30. The fourth-order valence-corrected chi connectivity index (χ4v) is 1.32. The Labute approximate surface area is 68.5 Å². The fraction of sp³-hybridized carbons (Fsp3) is 0.778. The summed E-state index contributed by atoms with van der Waals surface area (Å²) < 4.78 is 5.39. The molecule has 1 heterocycles. The van der Waals surface area contributed by atoms with Crippen LogP contribution in [-0.4, -0.2) is 37.2 Å². The third-order valence-electron chi connectivity index (χ3n) is 1.90. The normalized spacial score (nSPS) is 26.4. The highest BCUT2D eigenvalue weighted by Crippen LogP contribution is 2.03. The minimum absolute atomic E-state index is 0.376. The Bertz CT molecular complexity index is 150. The standard InChI is InChI=1S/C9H15NO/c1-3-4-5-10-6-7-11-9(2)8-10/h1,9H,4-8H2,2H3/t9-/m0/s1. The van der Waals surface area contributed by atoms with Crippen LogP contribution in [0.25, 0.3) is 0 Å². The van der Waals surface area contributed by atoms with Crippen molar-refractivity contribution in [3.8, 4) is 12.3 Å². The predicted molar refractivity (Wildman–Crippen MR) is 45.3 cm³/mol. The third-order valence-corrected chi connectivity index (χ3v) is 1.90. The van der Waals surface area contributed by atoms with Crippen LogP contribution in [0.1, 0.15) is 13.3 Å². The number of hydrogen-bond donors (Lipinski definition) is 0. The van der Waals surface area contributed by atoms with E-state index in [1.54, 1.807) is 0 Å². The van der Waals surface area contributed by atoms with E-state index in [2.05, 4.69) is 17.7 Å². The molecule has 1 atom stereocenters. The first kappa shape index (κ1) is 8.58. The molecule has 0 unspecified atom stereocenters. The molecule has 0 bridgehead atoms. The van der Waals surface area contributed by atoms with Crippen LogP contribution in [0.15, 0.2) is 0 Å². The quantitative estimate of drug-likeness (QED) is 0.542. The van der Waals surface area contributed by atoms with Crippen molar-refractivity contribution in [2.45, 2.75) is 19.4 Å². The molecule has 0 amide bonds. The van der Waals surface area contributed by atoms with Gasteiger partial charge in [0, 0.05) is 26.1 Å². The summed E-state index contributed by atoms with van der Waals surface area (Å²) in [5, 5.41) is 0. The first-order valence-corrected chi connectivity index (χ1v) is 4.10. The maximum absolute atomic E-state index is 5.39. The van der Waals surface area contributed by atoms with Crippen LogP contribution in [0.4, 0.5) is 0 Å². The molecule has 0 radical (unpaired) electrons. The molecule has 0 spiro atoms. The van der Waals surface area contributed by atoms with E-state index in [1.807, 2.05) is 0 Å². The molecule has 1 aliphatic rings. The number of terminal acetylenes is 1. The number of morpholine rings is 1. The maximum Gasteiger partial charge on any atom is 0.0674 e. The molecule has 0 aromatic heterocycles. The SMILES string of the molecule is C#CCCN1CCO[C@@H](C)C1. The lowest BCUT2D eigenvalue weighted by molar-refractivity contribution is -0.0173. The molecule has 1 saturated heterocycles. The van der Waals surface area contributed by atoms with Gasteiger partial charge in [0.1, 0.15) is 0 Å². The molecule has 11 heavy (non-hydrogen) atoms. The lowest BCUT2D eigenvalue weighted by atomic mass is 10.3. The Balaban J connectivity index is 2.18. The molecule has 1 aliphatic heterocycles. The zero-order chi connectivity index (χ0) is 8.10. The minimum atomic E-state index is 0.376. The Morgan fingerprint density at radius 1 is 1.73 bits per heavy atom. The van der Waals surface area contributed by atoms with E-state index in [-0.39, 0.29) is 0 Å². The summed E-state index contributed by atoms with van der Waals surface area (Å²) in [5.74, 6) is 2.65. The third kappa shape index (κ3) is 2.92. The molecule has 2 nitrogen and oxygen atoms in total. The van der Waals surface area contributed by atoms with E-state index in [9.17, 15) is 0 Å². The molecule has 0 aromatic carbocycles. The van der Waals surface area contributed by atoms with E-state index >= 15 is 0 Å². The van der Waals surface area contributed by atoms with E-state index in [1.165, 1.54) is 0 Å². The van der Waals surface area contributed by atoms with Crippen molar-refractivity contribution in [3.63, 3.8) is 0 Å². The van der Waals surface area contributed by atoms with Gasteiger partial charge in [-0.2, -0.15) is 0 Å². The summed E-state index contributed by atoms with van der Waals surface area (Å²) >= 11 is 0. The Hall–Kier alpha value is -0.520. The van der Waals surface area contributed by atoms with Crippen molar-refractivity contribution < 1.29 is 4.74 Å². The van der Waals surface area contributed by atoms with E-state index in [0.29, 0.717) is 6.10 Å². The second-order valence-corrected chi connectivity index (χ2v) is 2.94. The van der Waals surface area contributed by atoms with Gasteiger partial charge in [-0.1, -0.05) is 0 Å². The van der Waals surface area contributed by atoms with Gasteiger partial charge >= 0.3 is 0 Å². The monoisotopic (exact) mass is 153 g/mol. The highest BCUT2D eigenvalue weighted by atomic mass is 16.5. The van der Waals surface area contributed by atoms with Crippen molar-refractivity contribution in [3.05, 3.63) is 0 Å². The second kappa shape index (κ2) is 4.38. The van der Waals surface area contributed by atoms with Crippen LogP contribution in [0.3, 0.4) is 0 Å². The van der Waals surface area contributed by atoms with Gasteiger partial charge in [0.2, 0.25) is 0 Å². The molecule has 0 N–H and O–H groups in total. The maximum atomic E-state index is 5.39. The summed E-state index contributed by atoms with van der Waals surface area (Å²) in [6.45, 7) is 6.03. The van der Waals surface area contributed by atoms with Gasteiger partial charge in [0.15, 0.2) is 0 Å². The first-order valence-electron chi connectivity index (χ1n) is 4.10. The molecule has 0 aliphatic carbocycles. The Morgan fingerprint density at radius 3 is 3.18 bits per heavy atom. The van der Waals surface area contributed by atoms with Gasteiger partial charge in [0.25, 0.3) is 0 Å². The van der Waals surface area contributed by atoms with Gasteiger partial charge in [-0.05, 0) is 6.92 Å². The number of nitrogens with zero attached hydrogens (tertiary/aromatic N) is 1. The summed E-state index contributed by atoms with van der Waals surface area (Å²) in [6, 6.07) is 0. The summed E-state index contributed by atoms with van der Waals surface area (Å²) in [5.41, 5.74) is 0. The smallest absolute Gasteiger partial charge is 0.0674 e. The zero-order valence-corrected chi connectivity index (χ0v) is 7.05. The van der Waals surface area contributed by atoms with Gasteiger partial charge in [-0.3, -0.25) is 4.90 Å².